The summed E-state index contributed by atoms with van der Waals surface area (Å²) in [6.07, 6.45) is 4.52. The van der Waals surface area contributed by atoms with Gasteiger partial charge in [-0.3, -0.25) is 4.79 Å². The van der Waals surface area contributed by atoms with Crippen LogP contribution in [0.4, 0.5) is 0 Å². The van der Waals surface area contributed by atoms with Gasteiger partial charge >= 0.3 is 0 Å². The first-order valence-corrected chi connectivity index (χ1v) is 9.70. The lowest BCUT2D eigenvalue weighted by molar-refractivity contribution is 0.0498. The van der Waals surface area contributed by atoms with Gasteiger partial charge in [-0.2, -0.15) is 0 Å². The van der Waals surface area contributed by atoms with E-state index in [2.05, 4.69) is 17.9 Å². The van der Waals surface area contributed by atoms with Crippen molar-refractivity contribution in [3.63, 3.8) is 0 Å². The highest BCUT2D eigenvalue weighted by atomic mass is 35.5. The Labute approximate surface area is 158 Å². The fraction of sp³-hybridized carbons (Fsp3) is 0.381. The third-order valence-electron chi connectivity index (χ3n) is 5.69. The van der Waals surface area contributed by atoms with Crippen LogP contribution >= 0.6 is 23.2 Å². The number of carbonyl (C=O) groups is 1. The molecule has 0 radical (unpaired) electrons. The maximum absolute atomic E-state index is 13.4. The number of carbonyl (C=O) groups excluding carboxylic acids is 1. The van der Waals surface area contributed by atoms with Crippen molar-refractivity contribution >= 4 is 29.1 Å². The van der Waals surface area contributed by atoms with Gasteiger partial charge < -0.3 is 4.90 Å². The molecule has 1 amide bonds. The fourth-order valence-electron chi connectivity index (χ4n) is 4.50. The minimum Gasteiger partial charge on any atom is -0.328 e. The number of amides is 1. The highest BCUT2D eigenvalue weighted by molar-refractivity contribution is 6.35. The van der Waals surface area contributed by atoms with Gasteiger partial charge in [-0.1, -0.05) is 67.2 Å². The zero-order valence-electron chi connectivity index (χ0n) is 14.2. The van der Waals surface area contributed by atoms with Gasteiger partial charge in [-0.25, -0.2) is 0 Å². The Hall–Kier alpha value is -1.51. The molecule has 2 aromatic rings. The third kappa shape index (κ3) is 2.86. The second-order valence-electron chi connectivity index (χ2n) is 7.14. The van der Waals surface area contributed by atoms with Crippen LogP contribution in [0, 0.1) is 0 Å². The lowest BCUT2D eigenvalue weighted by atomic mass is 9.80. The lowest BCUT2D eigenvalue weighted by Crippen LogP contribution is -2.47. The fourth-order valence-corrected chi connectivity index (χ4v) is 5.02. The highest BCUT2D eigenvalue weighted by Gasteiger charge is 2.42. The number of halogens is 2. The smallest absolute Gasteiger partial charge is 0.254 e. The van der Waals surface area contributed by atoms with Gasteiger partial charge in [0.2, 0.25) is 0 Å². The number of fused-ring (bicyclic) bond motifs is 1. The van der Waals surface area contributed by atoms with E-state index in [1.165, 1.54) is 12.8 Å². The average molecular weight is 374 g/mol. The largest absolute Gasteiger partial charge is 0.328 e. The number of nitrogens with zero attached hydrogens (tertiary/aromatic N) is 1. The molecule has 0 bridgehead atoms. The van der Waals surface area contributed by atoms with Crippen molar-refractivity contribution in [3.8, 4) is 0 Å². The van der Waals surface area contributed by atoms with Crippen LogP contribution in [0.2, 0.25) is 10.0 Å². The van der Waals surface area contributed by atoms with Crippen molar-refractivity contribution in [1.29, 1.82) is 0 Å². The van der Waals surface area contributed by atoms with Gasteiger partial charge in [0.15, 0.2) is 0 Å². The van der Waals surface area contributed by atoms with Crippen LogP contribution in [-0.4, -0.2) is 16.8 Å². The quantitative estimate of drug-likeness (QED) is 0.610. The number of hydrogen-bond acceptors (Lipinski definition) is 1. The van der Waals surface area contributed by atoms with Crippen LogP contribution in [0.15, 0.2) is 42.5 Å². The van der Waals surface area contributed by atoms with Crippen LogP contribution in [-0.2, 0) is 0 Å². The van der Waals surface area contributed by atoms with E-state index in [1.807, 2.05) is 30.3 Å². The van der Waals surface area contributed by atoms with Crippen molar-refractivity contribution in [2.45, 2.75) is 50.6 Å². The molecule has 1 heterocycles. The molecule has 0 aromatic heterocycles. The van der Waals surface area contributed by atoms with E-state index in [9.17, 15) is 4.79 Å². The normalized spacial score (nSPS) is 23.8. The predicted octanol–water partition coefficient (Wildman–Crippen LogP) is 6.24. The molecule has 4 heteroatoms. The third-order valence-corrected chi connectivity index (χ3v) is 6.25. The molecule has 4 rings (SSSR count). The lowest BCUT2D eigenvalue weighted by Gasteiger charge is -2.44. The molecule has 2 nitrogen and oxygen atoms in total. The highest BCUT2D eigenvalue weighted by Crippen LogP contribution is 2.47. The summed E-state index contributed by atoms with van der Waals surface area (Å²) in [5.74, 6) is 0.324. The topological polar surface area (TPSA) is 20.3 Å². The Kier molecular flexibility index (Phi) is 4.51. The van der Waals surface area contributed by atoms with Crippen LogP contribution in [0.3, 0.4) is 0 Å². The molecule has 0 N–H and O–H groups in total. The molecule has 0 saturated heterocycles. The summed E-state index contributed by atoms with van der Waals surface area (Å²) < 4.78 is 0. The summed E-state index contributed by atoms with van der Waals surface area (Å²) in [5.41, 5.74) is 2.94. The van der Waals surface area contributed by atoms with Gasteiger partial charge in [0.05, 0.1) is 6.04 Å². The van der Waals surface area contributed by atoms with E-state index in [1.54, 1.807) is 6.07 Å². The van der Waals surface area contributed by atoms with Crippen molar-refractivity contribution < 1.29 is 4.79 Å². The molecular weight excluding hydrogens is 353 g/mol. The molecule has 2 aromatic carbocycles. The molecule has 2 aliphatic rings. The summed E-state index contributed by atoms with van der Waals surface area (Å²) in [5, 5.41) is 1.26. The molecule has 2 atom stereocenters. The Morgan fingerprint density at radius 1 is 1.00 bits per heavy atom. The van der Waals surface area contributed by atoms with E-state index < -0.39 is 0 Å². The second kappa shape index (κ2) is 6.66. The molecule has 0 unspecified atom stereocenters. The maximum Gasteiger partial charge on any atom is 0.254 e. The molecule has 130 valence electrons. The van der Waals surface area contributed by atoms with E-state index in [4.69, 9.17) is 23.2 Å². The summed E-state index contributed by atoms with van der Waals surface area (Å²) in [6.45, 7) is 2.20. The Balaban J connectivity index is 1.87. The zero-order chi connectivity index (χ0) is 17.6. The molecule has 1 aliphatic carbocycles. The minimum absolute atomic E-state index is 0.0460. The molecule has 0 spiro atoms. The van der Waals surface area contributed by atoms with Crippen molar-refractivity contribution in [2.24, 2.45) is 0 Å². The number of rotatable bonds is 2. The van der Waals surface area contributed by atoms with E-state index in [-0.39, 0.29) is 17.9 Å². The van der Waals surface area contributed by atoms with Crippen LogP contribution in [0.25, 0.3) is 0 Å². The van der Waals surface area contributed by atoms with Gasteiger partial charge in [0.25, 0.3) is 5.91 Å². The van der Waals surface area contributed by atoms with E-state index in [0.717, 1.165) is 29.5 Å². The summed E-state index contributed by atoms with van der Waals surface area (Å²) in [4.78, 5) is 15.5. The second-order valence-corrected chi connectivity index (χ2v) is 7.98. The summed E-state index contributed by atoms with van der Waals surface area (Å²) in [6, 6.07) is 13.9. The molecule has 1 fully saturated rings. The molecule has 1 aliphatic heterocycles. The first-order chi connectivity index (χ1) is 12.1. The SMILES string of the molecule is C[C@@H]1c2ccccc2C(=O)N(C2CCCC2)[C@H]1c1ccc(Cl)cc1Cl. The Morgan fingerprint density at radius 2 is 1.72 bits per heavy atom. The zero-order valence-corrected chi connectivity index (χ0v) is 15.7. The first-order valence-electron chi connectivity index (χ1n) is 8.94. The van der Waals surface area contributed by atoms with Gasteiger partial charge in [-0.05, 0) is 42.2 Å². The Morgan fingerprint density at radius 3 is 2.44 bits per heavy atom. The van der Waals surface area contributed by atoms with Crippen LogP contribution < -0.4 is 0 Å². The maximum atomic E-state index is 13.4. The van der Waals surface area contributed by atoms with Gasteiger partial charge in [-0.15, -0.1) is 0 Å². The monoisotopic (exact) mass is 373 g/mol. The van der Waals surface area contributed by atoms with Crippen molar-refractivity contribution in [2.75, 3.05) is 0 Å². The Bertz CT molecular complexity index is 813. The van der Waals surface area contributed by atoms with Gasteiger partial charge in [0, 0.05) is 27.6 Å². The first kappa shape index (κ1) is 16.9. The minimum atomic E-state index is -0.0460. The van der Waals surface area contributed by atoms with E-state index in [0.29, 0.717) is 16.1 Å². The van der Waals surface area contributed by atoms with Crippen LogP contribution in [0.1, 0.15) is 66.1 Å². The summed E-state index contributed by atoms with van der Waals surface area (Å²) >= 11 is 12.7. The molecule has 25 heavy (non-hydrogen) atoms. The molecule has 1 saturated carbocycles. The average Bonchev–Trinajstić information content (AvgIpc) is 3.13. The molecular formula is C21H21Cl2NO. The van der Waals surface area contributed by atoms with Crippen molar-refractivity contribution in [3.05, 3.63) is 69.2 Å². The number of hydrogen-bond donors (Lipinski definition) is 0. The predicted molar refractivity (Wildman–Crippen MR) is 102 cm³/mol. The summed E-state index contributed by atoms with van der Waals surface area (Å²) in [7, 11) is 0. The van der Waals surface area contributed by atoms with E-state index >= 15 is 0 Å². The van der Waals surface area contributed by atoms with Gasteiger partial charge in [0.1, 0.15) is 0 Å². The standard InChI is InChI=1S/C21H21Cl2NO/c1-13-16-8-4-5-9-17(16)21(25)24(15-6-2-3-7-15)20(13)18-11-10-14(22)12-19(18)23/h4-5,8-13,15,20H,2-3,6-7H2,1H3/t13-,20-/m1/s1. The number of benzene rings is 2. The van der Waals surface area contributed by atoms with Crippen molar-refractivity contribution in [1.82, 2.24) is 4.90 Å². The van der Waals surface area contributed by atoms with Crippen LogP contribution in [0.5, 0.6) is 0 Å².